The Bertz CT molecular complexity index is 698. The van der Waals surface area contributed by atoms with Crippen LogP contribution in [-0.4, -0.2) is 98.7 Å². The Kier molecular flexibility index (Phi) is 25.4. The lowest BCUT2D eigenvalue weighted by molar-refractivity contribution is -0.303. The van der Waals surface area contributed by atoms with E-state index < -0.39 is 55.6 Å². The highest BCUT2D eigenvalue weighted by Gasteiger charge is 2.44. The number of carbonyl (C=O) groups is 1. The average molecular weight is 648 g/mol. The molecule has 0 bridgehead atoms. The summed E-state index contributed by atoms with van der Waals surface area (Å²) < 4.78 is 11.1. The van der Waals surface area contributed by atoms with Crippen molar-refractivity contribution in [2.45, 2.75) is 204 Å². The van der Waals surface area contributed by atoms with Gasteiger partial charge in [0, 0.05) is 6.42 Å². The van der Waals surface area contributed by atoms with Crippen LogP contribution in [0.15, 0.2) is 0 Å². The van der Waals surface area contributed by atoms with Crippen molar-refractivity contribution in [3.63, 3.8) is 0 Å². The molecular weight excluding hydrogens is 578 g/mol. The quantitative estimate of drug-likeness (QED) is 0.0572. The fraction of sp³-hybridized carbons (Fsp3) is 0.971. The molecule has 1 saturated heterocycles. The second-order valence-electron chi connectivity index (χ2n) is 13.2. The van der Waals surface area contributed by atoms with Crippen LogP contribution in [0.2, 0.25) is 0 Å². The van der Waals surface area contributed by atoms with Crippen molar-refractivity contribution in [1.29, 1.82) is 0 Å². The first-order chi connectivity index (χ1) is 21.8. The third-order valence-corrected chi connectivity index (χ3v) is 9.05. The molecule has 2 unspecified atom stereocenters. The van der Waals surface area contributed by atoms with Gasteiger partial charge in [-0.3, -0.25) is 4.79 Å². The van der Waals surface area contributed by atoms with Crippen molar-refractivity contribution < 1.29 is 44.9 Å². The highest BCUT2D eigenvalue weighted by atomic mass is 16.7. The molecule has 0 aliphatic carbocycles. The van der Waals surface area contributed by atoms with Crippen LogP contribution in [0, 0.1) is 0 Å². The molecule has 0 saturated carbocycles. The number of rotatable bonds is 29. The van der Waals surface area contributed by atoms with E-state index in [-0.39, 0.29) is 18.9 Å². The van der Waals surface area contributed by atoms with Crippen LogP contribution in [0.4, 0.5) is 0 Å². The lowest BCUT2D eigenvalue weighted by Crippen LogP contribution is -2.60. The molecule has 45 heavy (non-hydrogen) atoms. The van der Waals surface area contributed by atoms with E-state index in [1.54, 1.807) is 0 Å². The predicted octanol–water partition coefficient (Wildman–Crippen LogP) is 4.63. The number of hydrogen-bond donors (Lipinski definition) is 7. The highest BCUT2D eigenvalue weighted by Crippen LogP contribution is 2.23. The zero-order valence-corrected chi connectivity index (χ0v) is 28.5. The first kappa shape index (κ1) is 42.2. The van der Waals surface area contributed by atoms with Gasteiger partial charge in [-0.1, -0.05) is 136 Å². The summed E-state index contributed by atoms with van der Waals surface area (Å²) in [6, 6.07) is -0.980. The summed E-state index contributed by atoms with van der Waals surface area (Å²) >= 11 is 0. The average Bonchev–Trinajstić information content (AvgIpc) is 3.04. The first-order valence-corrected chi connectivity index (χ1v) is 18.3. The van der Waals surface area contributed by atoms with Crippen LogP contribution in [0.3, 0.4) is 0 Å². The Balaban J connectivity index is 2.53. The molecule has 8 atom stereocenters. The number of hydrogen-bond acceptors (Lipinski definition) is 9. The molecule has 268 valence electrons. The van der Waals surface area contributed by atoms with Crippen molar-refractivity contribution in [2.24, 2.45) is 0 Å². The largest absolute Gasteiger partial charge is 0.394 e. The minimum absolute atomic E-state index is 0.261. The topological polar surface area (TPSA) is 169 Å². The first-order valence-electron chi connectivity index (χ1n) is 18.3. The summed E-state index contributed by atoms with van der Waals surface area (Å²) in [7, 11) is 0. The number of amides is 1. The van der Waals surface area contributed by atoms with Gasteiger partial charge in [0.25, 0.3) is 0 Å². The summed E-state index contributed by atoms with van der Waals surface area (Å²) in [5.74, 6) is -0.261. The normalized spacial score (nSPS) is 24.0. The molecule has 0 spiro atoms. The summed E-state index contributed by atoms with van der Waals surface area (Å²) in [6.45, 7) is 3.53. The van der Waals surface area contributed by atoms with E-state index in [0.29, 0.717) is 6.42 Å². The fourth-order valence-corrected chi connectivity index (χ4v) is 5.96. The zero-order valence-electron chi connectivity index (χ0n) is 28.5. The molecule has 1 rings (SSSR count). The van der Waals surface area contributed by atoms with E-state index in [2.05, 4.69) is 19.2 Å². The van der Waals surface area contributed by atoms with Gasteiger partial charge < -0.3 is 45.4 Å². The van der Waals surface area contributed by atoms with E-state index in [9.17, 15) is 35.4 Å². The van der Waals surface area contributed by atoms with Crippen molar-refractivity contribution >= 4 is 5.91 Å². The molecule has 1 aliphatic heterocycles. The molecule has 10 heteroatoms. The Morgan fingerprint density at radius 1 is 0.689 bits per heavy atom. The van der Waals surface area contributed by atoms with Crippen molar-refractivity contribution in [1.82, 2.24) is 5.32 Å². The van der Waals surface area contributed by atoms with Crippen molar-refractivity contribution in [2.75, 3.05) is 13.2 Å². The highest BCUT2D eigenvalue weighted by molar-refractivity contribution is 5.76. The summed E-state index contributed by atoms with van der Waals surface area (Å²) in [6.07, 6.45) is 14.1. The summed E-state index contributed by atoms with van der Waals surface area (Å²) in [5, 5.41) is 64.5. The van der Waals surface area contributed by atoms with Gasteiger partial charge in [-0.15, -0.1) is 0 Å². The molecule has 1 aliphatic rings. The molecule has 1 heterocycles. The van der Waals surface area contributed by atoms with Crippen molar-refractivity contribution in [3.05, 3.63) is 0 Å². The number of ether oxygens (including phenoxy) is 2. The van der Waals surface area contributed by atoms with Crippen LogP contribution >= 0.6 is 0 Å². The van der Waals surface area contributed by atoms with Crippen LogP contribution < -0.4 is 5.32 Å². The van der Waals surface area contributed by atoms with Gasteiger partial charge in [-0.2, -0.15) is 0 Å². The molecule has 0 aromatic heterocycles. The van der Waals surface area contributed by atoms with Crippen LogP contribution in [0.1, 0.15) is 155 Å². The Labute approximate surface area is 273 Å². The molecule has 0 aromatic carbocycles. The number of aliphatic hydroxyl groups is 6. The molecule has 7 N–H and O–H groups in total. The predicted molar refractivity (Wildman–Crippen MR) is 177 cm³/mol. The van der Waals surface area contributed by atoms with Gasteiger partial charge in [0.1, 0.15) is 30.5 Å². The van der Waals surface area contributed by atoms with Gasteiger partial charge in [0.2, 0.25) is 5.91 Å². The molecule has 10 nitrogen and oxygen atoms in total. The van der Waals surface area contributed by atoms with Crippen molar-refractivity contribution in [3.8, 4) is 0 Å². The molecule has 1 fully saturated rings. The number of carbonyl (C=O) groups excluding carboxylic acids is 1. The number of unbranched alkanes of at least 4 members (excludes halogenated alkanes) is 18. The number of aliphatic hydroxyl groups excluding tert-OH is 6. The van der Waals surface area contributed by atoms with E-state index in [1.165, 1.54) is 77.0 Å². The van der Waals surface area contributed by atoms with Crippen LogP contribution in [0.5, 0.6) is 0 Å². The second kappa shape index (κ2) is 27.1. The molecule has 0 aromatic rings. The summed E-state index contributed by atoms with van der Waals surface area (Å²) in [4.78, 5) is 12.8. The van der Waals surface area contributed by atoms with Crippen LogP contribution in [0.25, 0.3) is 0 Å². The van der Waals surface area contributed by atoms with Gasteiger partial charge in [0.05, 0.1) is 25.4 Å². The minimum Gasteiger partial charge on any atom is -0.394 e. The fourth-order valence-electron chi connectivity index (χ4n) is 5.96. The maximum atomic E-state index is 12.8. The maximum absolute atomic E-state index is 12.8. The lowest BCUT2D eigenvalue weighted by atomic mass is 9.98. The third kappa shape index (κ3) is 18.9. The Morgan fingerprint density at radius 3 is 1.64 bits per heavy atom. The third-order valence-electron chi connectivity index (χ3n) is 9.05. The Morgan fingerprint density at radius 2 is 1.16 bits per heavy atom. The van der Waals surface area contributed by atoms with Gasteiger partial charge in [-0.25, -0.2) is 0 Å². The Hall–Kier alpha value is -0.850. The lowest BCUT2D eigenvalue weighted by Gasteiger charge is -2.40. The zero-order chi connectivity index (χ0) is 33.3. The SMILES string of the molecule is CCCCCCCCCCCCCC(=O)N[C@@H](CO[C@@H]1O[C@H](CO)[C@@H](O)C(O)C1O)[C@H](O)[C@H](O)CCCCCCCCCCC. The monoisotopic (exact) mass is 647 g/mol. The van der Waals surface area contributed by atoms with E-state index >= 15 is 0 Å². The van der Waals surface area contributed by atoms with E-state index in [4.69, 9.17) is 9.47 Å². The van der Waals surface area contributed by atoms with Gasteiger partial charge >= 0.3 is 0 Å². The molecule has 1 amide bonds. The molecule has 0 radical (unpaired) electrons. The molecular formula is C35H69NO9. The van der Waals surface area contributed by atoms with E-state index in [1.807, 2.05) is 0 Å². The van der Waals surface area contributed by atoms with Crippen LogP contribution in [-0.2, 0) is 14.3 Å². The minimum atomic E-state index is -1.60. The maximum Gasteiger partial charge on any atom is 0.220 e. The number of nitrogens with one attached hydrogen (secondary N) is 1. The van der Waals surface area contributed by atoms with Gasteiger partial charge in [0.15, 0.2) is 6.29 Å². The standard InChI is InChI=1S/C35H69NO9/c1-3-5-7-9-11-13-14-16-18-20-22-24-30(39)36-27(26-44-35-34(43)33(42)32(41)29(25-37)45-35)31(40)28(38)23-21-19-17-15-12-10-8-6-4-2/h27-29,31-35,37-38,40-43H,3-26H2,1-2H3,(H,36,39)/t27-,28+,29+,31-,32+,33?,34?,35+/m0/s1. The smallest absolute Gasteiger partial charge is 0.220 e. The van der Waals surface area contributed by atoms with E-state index in [0.717, 1.165) is 51.4 Å². The second-order valence-corrected chi connectivity index (χ2v) is 13.2. The summed E-state index contributed by atoms with van der Waals surface area (Å²) in [5.41, 5.74) is 0. The van der Waals surface area contributed by atoms with Gasteiger partial charge in [-0.05, 0) is 12.8 Å².